The Kier molecular flexibility index (Phi) is 6.62. The molecular weight excluding hydrogens is 380 g/mol. The van der Waals surface area contributed by atoms with E-state index in [-0.39, 0.29) is 6.01 Å². The maximum atomic E-state index is 11.0. The van der Waals surface area contributed by atoms with Crippen LogP contribution in [-0.2, 0) is 17.7 Å². The number of benzene rings is 1. The summed E-state index contributed by atoms with van der Waals surface area (Å²) >= 11 is 0. The molecule has 1 aromatic carbocycles. The Morgan fingerprint density at radius 2 is 1.97 bits per heavy atom. The minimum absolute atomic E-state index is 0.278. The summed E-state index contributed by atoms with van der Waals surface area (Å²) in [5, 5.41) is 11.0. The van der Waals surface area contributed by atoms with Crippen molar-refractivity contribution in [3.8, 4) is 6.01 Å². The van der Waals surface area contributed by atoms with Gasteiger partial charge in [-0.05, 0) is 24.0 Å². The molecule has 1 unspecified atom stereocenters. The predicted molar refractivity (Wildman–Crippen MR) is 116 cm³/mol. The maximum absolute atomic E-state index is 11.0. The fraction of sp³-hybridized carbons (Fsp3) is 0.478. The Morgan fingerprint density at radius 1 is 1.20 bits per heavy atom. The van der Waals surface area contributed by atoms with Gasteiger partial charge in [-0.15, -0.1) is 0 Å². The zero-order valence-electron chi connectivity index (χ0n) is 17.5. The van der Waals surface area contributed by atoms with Crippen molar-refractivity contribution in [2.24, 2.45) is 0 Å². The molecule has 1 aliphatic carbocycles. The number of allylic oxidation sites excluding steroid dienone is 1. The molecule has 2 aliphatic rings. The highest BCUT2D eigenvalue weighted by molar-refractivity contribution is 5.77. The maximum Gasteiger partial charge on any atom is 0.318 e. The van der Waals surface area contributed by atoms with E-state index in [1.165, 1.54) is 5.56 Å². The molecule has 2 aromatic rings. The molecule has 4 rings (SSSR count). The summed E-state index contributed by atoms with van der Waals surface area (Å²) in [4.78, 5) is 11.2. The van der Waals surface area contributed by atoms with Gasteiger partial charge in [0.1, 0.15) is 11.9 Å². The van der Waals surface area contributed by atoms with Crippen LogP contribution in [0.5, 0.6) is 6.01 Å². The van der Waals surface area contributed by atoms with Gasteiger partial charge >= 0.3 is 6.01 Å². The van der Waals surface area contributed by atoms with Gasteiger partial charge < -0.3 is 20.3 Å². The highest BCUT2D eigenvalue weighted by Crippen LogP contribution is 2.38. The Balaban J connectivity index is 1.47. The summed E-state index contributed by atoms with van der Waals surface area (Å²) in [6.45, 7) is 7.05. The summed E-state index contributed by atoms with van der Waals surface area (Å²) in [6, 6.07) is 8.42. The Hall–Kier alpha value is -2.48. The van der Waals surface area contributed by atoms with Crippen LogP contribution in [0.2, 0.25) is 0 Å². The number of anilines is 1. The molecule has 0 spiro atoms. The van der Waals surface area contributed by atoms with Gasteiger partial charge in [-0.1, -0.05) is 43.7 Å². The molecule has 160 valence electrons. The van der Waals surface area contributed by atoms with Gasteiger partial charge in [0.25, 0.3) is 0 Å². The number of morpholine rings is 1. The number of hydrogen-bond acceptors (Lipinski definition) is 7. The first-order valence-electron chi connectivity index (χ1n) is 10.7. The van der Waals surface area contributed by atoms with Crippen molar-refractivity contribution >= 4 is 11.4 Å². The van der Waals surface area contributed by atoms with Gasteiger partial charge in [-0.3, -0.25) is 4.90 Å². The lowest BCUT2D eigenvalue weighted by Crippen LogP contribution is -2.35. The number of aliphatic hydroxyl groups excluding tert-OH is 1. The molecule has 2 heterocycles. The van der Waals surface area contributed by atoms with E-state index in [2.05, 4.69) is 33.9 Å². The van der Waals surface area contributed by atoms with Crippen molar-refractivity contribution in [1.29, 1.82) is 0 Å². The fourth-order valence-corrected chi connectivity index (χ4v) is 3.84. The average molecular weight is 411 g/mol. The topological polar surface area (TPSA) is 93.7 Å². The van der Waals surface area contributed by atoms with Gasteiger partial charge in [0, 0.05) is 30.8 Å². The third-order valence-corrected chi connectivity index (χ3v) is 5.65. The van der Waals surface area contributed by atoms with Crippen LogP contribution in [0.1, 0.15) is 48.3 Å². The number of rotatable bonds is 8. The second kappa shape index (κ2) is 9.55. The van der Waals surface area contributed by atoms with E-state index in [0.717, 1.165) is 62.4 Å². The molecular formula is C23H30N4O3. The lowest BCUT2D eigenvalue weighted by Gasteiger charge is -2.26. The fourth-order valence-electron chi connectivity index (χ4n) is 3.84. The standard InChI is InChI=1S/C23H30N4O3/c1-2-3-12-30-23-25-20-18(8-9-19(20)22(24)26-23)21(28)17-6-4-16(5-7-17)15-27-10-13-29-14-11-27/h4-8,21,28H,2-3,9-15H2,1H3,(H2,24,25,26). The number of aromatic nitrogens is 2. The Bertz CT molecular complexity index is 892. The summed E-state index contributed by atoms with van der Waals surface area (Å²) in [7, 11) is 0. The van der Waals surface area contributed by atoms with Crippen LogP contribution < -0.4 is 10.5 Å². The molecule has 0 radical (unpaired) electrons. The highest BCUT2D eigenvalue weighted by atomic mass is 16.5. The summed E-state index contributed by atoms with van der Waals surface area (Å²) in [5.41, 5.74) is 10.5. The molecule has 1 aliphatic heterocycles. The van der Waals surface area contributed by atoms with Crippen molar-refractivity contribution in [2.75, 3.05) is 38.6 Å². The van der Waals surface area contributed by atoms with Gasteiger partial charge in [-0.2, -0.15) is 9.97 Å². The first-order chi connectivity index (χ1) is 14.7. The van der Waals surface area contributed by atoms with E-state index < -0.39 is 6.10 Å². The lowest BCUT2D eigenvalue weighted by atomic mass is 9.99. The van der Waals surface area contributed by atoms with Crippen molar-refractivity contribution in [1.82, 2.24) is 14.9 Å². The molecule has 1 aromatic heterocycles. The molecule has 1 fully saturated rings. The molecule has 3 N–H and O–H groups in total. The van der Waals surface area contributed by atoms with Crippen LogP contribution in [-0.4, -0.2) is 52.9 Å². The number of nitrogens with two attached hydrogens (primary N) is 1. The number of hydrogen-bond donors (Lipinski definition) is 2. The summed E-state index contributed by atoms with van der Waals surface area (Å²) in [6.07, 6.45) is 3.81. The van der Waals surface area contributed by atoms with Crippen LogP contribution >= 0.6 is 0 Å². The number of ether oxygens (including phenoxy) is 2. The summed E-state index contributed by atoms with van der Waals surface area (Å²) in [5.74, 6) is 0.422. The Morgan fingerprint density at radius 3 is 2.70 bits per heavy atom. The van der Waals surface area contributed by atoms with Crippen LogP contribution in [0.4, 0.5) is 5.82 Å². The van der Waals surface area contributed by atoms with Crippen molar-refractivity contribution in [3.63, 3.8) is 0 Å². The lowest BCUT2D eigenvalue weighted by molar-refractivity contribution is 0.0342. The highest BCUT2D eigenvalue weighted by Gasteiger charge is 2.26. The second-order valence-corrected chi connectivity index (χ2v) is 7.82. The second-order valence-electron chi connectivity index (χ2n) is 7.82. The van der Waals surface area contributed by atoms with Crippen molar-refractivity contribution < 1.29 is 14.6 Å². The van der Waals surface area contributed by atoms with E-state index in [9.17, 15) is 5.11 Å². The van der Waals surface area contributed by atoms with Crippen LogP contribution in [0.15, 0.2) is 30.3 Å². The van der Waals surface area contributed by atoms with Gasteiger partial charge in [0.15, 0.2) is 0 Å². The third-order valence-electron chi connectivity index (χ3n) is 5.65. The smallest absolute Gasteiger partial charge is 0.318 e. The quantitative estimate of drug-likeness (QED) is 0.646. The number of nitrogens with zero attached hydrogens (tertiary/aromatic N) is 3. The van der Waals surface area contributed by atoms with Crippen molar-refractivity contribution in [3.05, 3.63) is 52.7 Å². The van der Waals surface area contributed by atoms with E-state index in [0.29, 0.717) is 24.5 Å². The Labute approximate surface area is 177 Å². The molecule has 1 atom stereocenters. The number of fused-ring (bicyclic) bond motifs is 1. The van der Waals surface area contributed by atoms with Crippen LogP contribution in [0.25, 0.3) is 5.57 Å². The van der Waals surface area contributed by atoms with Gasteiger partial charge in [0.05, 0.1) is 25.5 Å². The summed E-state index contributed by atoms with van der Waals surface area (Å²) < 4.78 is 11.1. The normalized spacial score (nSPS) is 17.5. The molecule has 30 heavy (non-hydrogen) atoms. The van der Waals surface area contributed by atoms with Gasteiger partial charge in [0.2, 0.25) is 0 Å². The van der Waals surface area contributed by atoms with E-state index >= 15 is 0 Å². The molecule has 7 nitrogen and oxygen atoms in total. The first kappa shape index (κ1) is 20.8. The molecule has 7 heteroatoms. The van der Waals surface area contributed by atoms with E-state index in [1.807, 2.05) is 18.2 Å². The van der Waals surface area contributed by atoms with Crippen molar-refractivity contribution in [2.45, 2.75) is 38.8 Å². The van der Waals surface area contributed by atoms with E-state index in [1.54, 1.807) is 0 Å². The first-order valence-corrected chi connectivity index (χ1v) is 10.7. The van der Waals surface area contributed by atoms with Crippen LogP contribution in [0, 0.1) is 0 Å². The van der Waals surface area contributed by atoms with Gasteiger partial charge in [-0.25, -0.2) is 0 Å². The zero-order valence-corrected chi connectivity index (χ0v) is 17.5. The SMILES string of the molecule is CCCCOc1nc(N)c2c(n1)C(C(O)c1ccc(CN3CCOCC3)cc1)=CC2. The molecule has 0 amide bonds. The minimum Gasteiger partial charge on any atom is -0.463 e. The van der Waals surface area contributed by atoms with E-state index in [4.69, 9.17) is 15.2 Å². The third kappa shape index (κ3) is 4.64. The number of nitrogen functional groups attached to an aromatic ring is 1. The molecule has 0 bridgehead atoms. The molecule has 1 saturated heterocycles. The minimum atomic E-state index is -0.763. The zero-order chi connectivity index (χ0) is 20.9. The average Bonchev–Trinajstić information content (AvgIpc) is 3.19. The predicted octanol–water partition coefficient (Wildman–Crippen LogP) is 2.74. The number of aliphatic hydroxyl groups is 1. The van der Waals surface area contributed by atoms with Crippen LogP contribution in [0.3, 0.4) is 0 Å². The molecule has 0 saturated carbocycles. The monoisotopic (exact) mass is 410 g/mol. The largest absolute Gasteiger partial charge is 0.463 e. The number of unbranched alkanes of at least 4 members (excludes halogenated alkanes) is 1.